The van der Waals surface area contributed by atoms with E-state index in [1.54, 1.807) is 0 Å². The van der Waals surface area contributed by atoms with Crippen LogP contribution in [0.2, 0.25) is 19.6 Å². The van der Waals surface area contributed by atoms with Gasteiger partial charge in [-0.2, -0.15) is 0 Å². The summed E-state index contributed by atoms with van der Waals surface area (Å²) >= 11 is 0. The first-order chi connectivity index (χ1) is 29.3. The minimum Gasteiger partial charge on any atom is -0.486 e. The summed E-state index contributed by atoms with van der Waals surface area (Å²) in [6, 6.07) is 55.1. The Labute approximate surface area is 379 Å². The van der Waals surface area contributed by atoms with Gasteiger partial charge >= 0.3 is 0 Å². The molecule has 62 heavy (non-hydrogen) atoms. The van der Waals surface area contributed by atoms with Crippen molar-refractivity contribution in [3.05, 3.63) is 175 Å². The van der Waals surface area contributed by atoms with Gasteiger partial charge in [0.25, 0.3) is 0 Å². The van der Waals surface area contributed by atoms with Crippen molar-refractivity contribution in [2.75, 3.05) is 0 Å². The summed E-state index contributed by atoms with van der Waals surface area (Å²) in [5, 5.41) is 5.81. The molecule has 0 unspecified atom stereocenters. The monoisotopic (exact) mass is 1000 g/mol. The topological polar surface area (TPSA) is 56.7 Å². The molecule has 0 spiro atoms. The molecular weight excluding hydrogens is 953 g/mol. The zero-order valence-electron chi connectivity index (χ0n) is 36.6. The average Bonchev–Trinajstić information content (AvgIpc) is 3.82. The van der Waals surface area contributed by atoms with Crippen LogP contribution in [0, 0.1) is 31.4 Å². The third-order valence-corrected chi connectivity index (χ3v) is 13.4. The molecule has 0 aliphatic rings. The van der Waals surface area contributed by atoms with E-state index in [1.165, 1.54) is 16.1 Å². The zero-order valence-corrected chi connectivity index (χ0v) is 40.0. The van der Waals surface area contributed by atoms with Crippen molar-refractivity contribution in [2.45, 2.75) is 60.7 Å². The van der Waals surface area contributed by atoms with Gasteiger partial charge in [0.1, 0.15) is 0 Å². The number of para-hydroxylation sites is 1. The van der Waals surface area contributed by atoms with Gasteiger partial charge in [-0.25, -0.2) is 4.98 Å². The smallest absolute Gasteiger partial charge is 0.216 e. The molecule has 10 rings (SSSR count). The Morgan fingerprint density at radius 1 is 0.710 bits per heavy atom. The van der Waals surface area contributed by atoms with Crippen LogP contribution in [0.15, 0.2) is 150 Å². The number of nitrogens with zero attached hydrogens (tertiary/aromatic N) is 4. The van der Waals surface area contributed by atoms with E-state index in [0.717, 1.165) is 89.9 Å². The normalized spacial score (nSPS) is 11.8. The molecule has 10 aromatic rings. The molecule has 311 valence electrons. The maximum atomic E-state index is 6.47. The molecule has 0 bridgehead atoms. The second-order valence-corrected chi connectivity index (χ2v) is 23.3. The first kappa shape index (κ1) is 42.7. The fourth-order valence-electron chi connectivity index (χ4n) is 8.38. The maximum Gasteiger partial charge on any atom is 0.216 e. The van der Waals surface area contributed by atoms with Gasteiger partial charge in [-0.3, -0.25) is 4.98 Å². The van der Waals surface area contributed by atoms with Crippen LogP contribution in [-0.4, -0.2) is 27.6 Å². The summed E-state index contributed by atoms with van der Waals surface area (Å²) in [6.07, 6.45) is 3.21. The number of furan rings is 1. The Bertz CT molecular complexity index is 3210. The zero-order chi connectivity index (χ0) is 42.5. The van der Waals surface area contributed by atoms with Crippen molar-refractivity contribution in [3.63, 3.8) is 0 Å². The summed E-state index contributed by atoms with van der Waals surface area (Å²) < 4.78 is 8.75. The molecule has 1 radical (unpaired) electrons. The molecule has 6 aromatic carbocycles. The molecular formula is C55H50IrN4OSi-2. The summed E-state index contributed by atoms with van der Waals surface area (Å²) in [7, 11) is -1.37. The SMILES string of the molecule is CC(C)(C)Cc1cc(-c2[c-]cccc2)ncc1[Si](C)(C)C.Cc1cc2c(nc1C)oc1c(-c3nc4ccc5ccccc5c4n3-c3ccccc3-c3ccccc3)[c-]ccc12.[Ir]. The van der Waals surface area contributed by atoms with Crippen molar-refractivity contribution in [1.82, 2.24) is 19.5 Å². The van der Waals surface area contributed by atoms with Gasteiger partial charge in [0.15, 0.2) is 0 Å². The molecule has 0 aliphatic heterocycles. The van der Waals surface area contributed by atoms with Gasteiger partial charge < -0.3 is 14.0 Å². The van der Waals surface area contributed by atoms with Crippen LogP contribution in [0.25, 0.3) is 83.3 Å². The van der Waals surface area contributed by atoms with Crippen molar-refractivity contribution in [2.24, 2.45) is 5.41 Å². The number of pyridine rings is 2. The maximum absolute atomic E-state index is 6.47. The number of fused-ring (bicyclic) bond motifs is 6. The molecule has 7 heteroatoms. The van der Waals surface area contributed by atoms with E-state index in [2.05, 4.69) is 179 Å². The van der Waals surface area contributed by atoms with E-state index >= 15 is 0 Å². The van der Waals surface area contributed by atoms with Crippen molar-refractivity contribution in [3.8, 4) is 39.5 Å². The van der Waals surface area contributed by atoms with E-state index in [1.807, 2.05) is 37.3 Å². The number of aryl methyl sites for hydroxylation is 2. The van der Waals surface area contributed by atoms with Crippen LogP contribution in [0.4, 0.5) is 0 Å². The predicted octanol–water partition coefficient (Wildman–Crippen LogP) is 13.9. The Morgan fingerprint density at radius 3 is 2.21 bits per heavy atom. The van der Waals surface area contributed by atoms with E-state index in [-0.39, 0.29) is 25.5 Å². The standard InChI is InChI=1S/C36H24N3O.C19H26NSi.Ir/c1-22-21-30-28-16-10-17-29(34(28)40-36(30)37-23(22)2)35-38-31-20-19-25-13-6-7-15-27(25)33(31)39(35)32-18-9-8-14-26(32)24-11-4-3-5-12-24;1-19(2,3)13-16-12-17(15-10-8-7-9-11-15)20-14-18(16)21(4,5)6;/h3-16,18-21H,1-2H3;7-10,12,14H,13H2,1-6H3;/q2*-1;. The van der Waals surface area contributed by atoms with Gasteiger partial charge in [-0.15, -0.1) is 54.1 Å². The molecule has 0 fully saturated rings. The second kappa shape index (κ2) is 17.1. The Kier molecular flexibility index (Phi) is 11.7. The molecule has 0 aliphatic carbocycles. The molecule has 0 saturated carbocycles. The molecule has 0 N–H and O–H groups in total. The van der Waals surface area contributed by atoms with Gasteiger partial charge in [0, 0.05) is 54.0 Å². The largest absolute Gasteiger partial charge is 0.486 e. The van der Waals surface area contributed by atoms with Crippen LogP contribution in [0.1, 0.15) is 37.6 Å². The first-order valence-electron chi connectivity index (χ1n) is 21.1. The number of aromatic nitrogens is 4. The summed E-state index contributed by atoms with van der Waals surface area (Å²) in [6.45, 7) is 18.2. The van der Waals surface area contributed by atoms with Crippen LogP contribution in [-0.2, 0) is 26.5 Å². The third kappa shape index (κ3) is 8.33. The van der Waals surface area contributed by atoms with Crippen LogP contribution < -0.4 is 5.19 Å². The van der Waals surface area contributed by atoms with Crippen LogP contribution in [0.3, 0.4) is 0 Å². The first-order valence-corrected chi connectivity index (χ1v) is 24.6. The van der Waals surface area contributed by atoms with Gasteiger partial charge in [-0.1, -0.05) is 142 Å². The fraction of sp³-hybridized carbons (Fsp3) is 0.182. The van der Waals surface area contributed by atoms with E-state index < -0.39 is 8.07 Å². The molecule has 4 aromatic heterocycles. The number of rotatable bonds is 6. The second-order valence-electron chi connectivity index (χ2n) is 18.2. The minimum atomic E-state index is -1.37. The van der Waals surface area contributed by atoms with Gasteiger partial charge in [0.05, 0.1) is 30.5 Å². The molecule has 0 saturated heterocycles. The number of imidazole rings is 1. The van der Waals surface area contributed by atoms with Gasteiger partial charge in [0.2, 0.25) is 5.71 Å². The molecule has 4 heterocycles. The van der Waals surface area contributed by atoms with Gasteiger partial charge in [-0.05, 0) is 71.3 Å². The summed E-state index contributed by atoms with van der Waals surface area (Å²) in [4.78, 5) is 14.7. The number of hydrogen-bond donors (Lipinski definition) is 0. The Balaban J connectivity index is 0.000000205. The quantitative estimate of drug-likeness (QED) is 0.123. The number of hydrogen-bond acceptors (Lipinski definition) is 4. The Morgan fingerprint density at radius 2 is 1.45 bits per heavy atom. The van der Waals surface area contributed by atoms with Crippen LogP contribution in [0.5, 0.6) is 0 Å². The van der Waals surface area contributed by atoms with E-state index in [9.17, 15) is 0 Å². The summed E-state index contributed by atoms with van der Waals surface area (Å²) in [5.74, 6) is 0.785. The number of benzene rings is 6. The van der Waals surface area contributed by atoms with Crippen molar-refractivity contribution < 1.29 is 24.5 Å². The van der Waals surface area contributed by atoms with Crippen molar-refractivity contribution >= 4 is 57.1 Å². The third-order valence-electron chi connectivity index (χ3n) is 11.4. The minimum absolute atomic E-state index is 0. The van der Waals surface area contributed by atoms with Crippen LogP contribution >= 0.6 is 0 Å². The molecule has 5 nitrogen and oxygen atoms in total. The average molecular weight is 1000 g/mol. The Hall–Kier alpha value is -5.98. The fourth-order valence-corrected chi connectivity index (χ4v) is 9.96. The molecule has 0 amide bonds. The summed E-state index contributed by atoms with van der Waals surface area (Å²) in [5.41, 5.74) is 13.5. The van der Waals surface area contributed by atoms with Crippen molar-refractivity contribution in [1.29, 1.82) is 0 Å². The van der Waals surface area contributed by atoms with E-state index in [4.69, 9.17) is 19.4 Å². The predicted molar refractivity (Wildman–Crippen MR) is 257 cm³/mol. The molecule has 0 atom stereocenters. The van der Waals surface area contributed by atoms with E-state index in [0.29, 0.717) is 5.71 Å².